The van der Waals surface area contributed by atoms with Crippen molar-refractivity contribution in [2.75, 3.05) is 5.06 Å². The number of anilines is 1. The fraction of sp³-hybridized carbons (Fsp3) is 0.222. The Balaban J connectivity index is 2.32. The molecule has 0 radical (unpaired) electrons. The molecule has 2 heterocycles. The molecule has 0 aromatic carbocycles. The minimum absolute atomic E-state index is 0.149. The number of hydroxylamine groups is 1. The zero-order valence-corrected chi connectivity index (χ0v) is 8.12. The van der Waals surface area contributed by atoms with Gasteiger partial charge in [-0.25, -0.2) is 9.78 Å². The number of carbonyl (C=O) groups is 2. The van der Waals surface area contributed by atoms with Crippen LogP contribution in [0.25, 0.3) is 0 Å². The Bertz CT molecular complexity index is 448. The molecule has 0 aliphatic carbocycles. The van der Waals surface area contributed by atoms with Gasteiger partial charge in [0.05, 0.1) is 0 Å². The highest BCUT2D eigenvalue weighted by Crippen LogP contribution is 2.23. The van der Waals surface area contributed by atoms with Gasteiger partial charge in [-0.1, -0.05) is 6.07 Å². The van der Waals surface area contributed by atoms with Crippen LogP contribution in [0.5, 0.6) is 0 Å². The average Bonchev–Trinajstić information content (AvgIpc) is 2.25. The van der Waals surface area contributed by atoms with Gasteiger partial charge in [-0.2, -0.15) is 5.06 Å². The molecule has 7 heteroatoms. The van der Waals surface area contributed by atoms with E-state index in [1.165, 1.54) is 6.20 Å². The number of rotatable bonds is 1. The Hall–Kier alpha value is -2.15. The summed E-state index contributed by atoms with van der Waals surface area (Å²) in [6.07, 6.45) is 0.324. The van der Waals surface area contributed by atoms with E-state index in [0.717, 1.165) is 0 Å². The van der Waals surface area contributed by atoms with E-state index in [-0.39, 0.29) is 12.2 Å². The lowest BCUT2D eigenvalue weighted by atomic mass is 10.0. The van der Waals surface area contributed by atoms with Crippen LogP contribution >= 0.6 is 0 Å². The quantitative estimate of drug-likeness (QED) is 0.581. The number of fused-ring (bicyclic) bond motifs is 1. The maximum atomic E-state index is 11.5. The van der Waals surface area contributed by atoms with Crippen LogP contribution in [0.3, 0.4) is 0 Å². The third kappa shape index (κ3) is 1.68. The highest BCUT2D eigenvalue weighted by Gasteiger charge is 2.33. The van der Waals surface area contributed by atoms with Crippen LogP contribution in [0.2, 0.25) is 0 Å². The molecule has 16 heavy (non-hydrogen) atoms. The van der Waals surface area contributed by atoms with E-state index >= 15 is 0 Å². The number of nitrogens with zero attached hydrogens (tertiary/aromatic N) is 2. The van der Waals surface area contributed by atoms with Gasteiger partial charge in [0.2, 0.25) is 0 Å². The summed E-state index contributed by atoms with van der Waals surface area (Å²) in [7, 11) is 0. The minimum Gasteiger partial charge on any atom is -0.465 e. The summed E-state index contributed by atoms with van der Waals surface area (Å²) in [6.45, 7) is 0. The van der Waals surface area contributed by atoms with Crippen LogP contribution in [-0.2, 0) is 11.2 Å². The van der Waals surface area contributed by atoms with Gasteiger partial charge in [0.25, 0.3) is 5.91 Å². The Labute approximate surface area is 90.3 Å². The molecule has 1 unspecified atom stereocenters. The highest BCUT2D eigenvalue weighted by atomic mass is 16.5. The fourth-order valence-electron chi connectivity index (χ4n) is 1.60. The first-order chi connectivity index (χ1) is 7.59. The van der Waals surface area contributed by atoms with Gasteiger partial charge in [0, 0.05) is 12.6 Å². The van der Waals surface area contributed by atoms with Crippen LogP contribution < -0.4 is 10.4 Å². The van der Waals surface area contributed by atoms with Gasteiger partial charge >= 0.3 is 6.09 Å². The molecule has 1 aliphatic heterocycles. The predicted octanol–water partition coefficient (Wildman–Crippen LogP) is -0.00390. The topological polar surface area (TPSA) is 103 Å². The second-order valence-corrected chi connectivity index (χ2v) is 3.34. The normalized spacial score (nSPS) is 19.2. The number of nitrogens with one attached hydrogen (secondary N) is 1. The number of carboxylic acid groups (broad SMARTS) is 1. The van der Waals surface area contributed by atoms with Crippen molar-refractivity contribution < 1.29 is 19.9 Å². The molecule has 0 fully saturated rings. The summed E-state index contributed by atoms with van der Waals surface area (Å²) in [5.41, 5.74) is 0.614. The van der Waals surface area contributed by atoms with E-state index < -0.39 is 18.0 Å². The van der Waals surface area contributed by atoms with Crippen molar-refractivity contribution in [3.05, 3.63) is 23.9 Å². The molecule has 0 spiro atoms. The Morgan fingerprint density at radius 1 is 1.62 bits per heavy atom. The number of hydrogen-bond acceptors (Lipinski definition) is 4. The van der Waals surface area contributed by atoms with Crippen LogP contribution in [0.15, 0.2) is 18.3 Å². The summed E-state index contributed by atoms with van der Waals surface area (Å²) in [5.74, 6) is -0.579. The summed E-state index contributed by atoms with van der Waals surface area (Å²) in [4.78, 5) is 25.8. The van der Waals surface area contributed by atoms with Gasteiger partial charge in [-0.05, 0) is 11.6 Å². The molecule has 0 saturated carbocycles. The fourth-order valence-corrected chi connectivity index (χ4v) is 1.60. The van der Waals surface area contributed by atoms with Crippen molar-refractivity contribution in [1.82, 2.24) is 10.3 Å². The van der Waals surface area contributed by atoms with Gasteiger partial charge < -0.3 is 10.4 Å². The van der Waals surface area contributed by atoms with Crippen molar-refractivity contribution >= 4 is 17.8 Å². The Morgan fingerprint density at radius 3 is 3.06 bits per heavy atom. The van der Waals surface area contributed by atoms with Crippen molar-refractivity contribution in [2.24, 2.45) is 0 Å². The molecule has 7 nitrogen and oxygen atoms in total. The number of pyridine rings is 1. The molecule has 84 valence electrons. The smallest absolute Gasteiger partial charge is 0.405 e. The molecular formula is C9H9N3O4. The maximum absolute atomic E-state index is 11.5. The monoisotopic (exact) mass is 223 g/mol. The predicted molar refractivity (Wildman–Crippen MR) is 52.2 cm³/mol. The molecule has 1 atom stereocenters. The van der Waals surface area contributed by atoms with Gasteiger partial charge in [0.1, 0.15) is 6.04 Å². The van der Waals surface area contributed by atoms with Gasteiger partial charge in [-0.3, -0.25) is 10.0 Å². The van der Waals surface area contributed by atoms with E-state index in [1.54, 1.807) is 12.1 Å². The summed E-state index contributed by atoms with van der Waals surface area (Å²) in [5, 5.41) is 20.5. The van der Waals surface area contributed by atoms with Crippen LogP contribution in [0, 0.1) is 0 Å². The SMILES string of the molecule is O=C(O)NC1Cc2cccnc2N(O)C1=O. The van der Waals surface area contributed by atoms with Crippen molar-refractivity contribution in [3.8, 4) is 0 Å². The standard InChI is InChI=1S/C9H9N3O4/c13-8-6(11-9(14)15)4-5-2-1-3-10-7(5)12(8)16/h1-3,6,11,16H,4H2,(H,14,15). The van der Waals surface area contributed by atoms with Gasteiger partial charge in [0.15, 0.2) is 5.82 Å². The van der Waals surface area contributed by atoms with Crippen LogP contribution in [0.1, 0.15) is 5.56 Å². The van der Waals surface area contributed by atoms with E-state index in [0.29, 0.717) is 10.6 Å². The average molecular weight is 223 g/mol. The van der Waals surface area contributed by atoms with E-state index in [4.69, 9.17) is 5.11 Å². The second kappa shape index (κ2) is 3.78. The first kappa shape index (κ1) is 10.4. The van der Waals surface area contributed by atoms with E-state index in [1.807, 2.05) is 5.32 Å². The summed E-state index contributed by atoms with van der Waals surface area (Å²) >= 11 is 0. The van der Waals surface area contributed by atoms with Gasteiger partial charge in [-0.15, -0.1) is 0 Å². The molecule has 0 bridgehead atoms. The third-order valence-corrected chi connectivity index (χ3v) is 2.30. The zero-order valence-electron chi connectivity index (χ0n) is 8.12. The Morgan fingerprint density at radius 2 is 2.38 bits per heavy atom. The number of amides is 2. The number of aromatic nitrogens is 1. The Kier molecular flexibility index (Phi) is 2.45. The number of hydrogen-bond donors (Lipinski definition) is 3. The lowest BCUT2D eigenvalue weighted by Crippen LogP contribution is -2.51. The van der Waals surface area contributed by atoms with E-state index in [2.05, 4.69) is 4.98 Å². The molecule has 1 aromatic rings. The molecule has 0 saturated heterocycles. The van der Waals surface area contributed by atoms with Crippen LogP contribution in [-0.4, -0.2) is 33.3 Å². The molecule has 2 rings (SSSR count). The molecule has 1 aliphatic rings. The third-order valence-electron chi connectivity index (χ3n) is 2.30. The van der Waals surface area contributed by atoms with Crippen LogP contribution in [0.4, 0.5) is 10.6 Å². The van der Waals surface area contributed by atoms with Crippen molar-refractivity contribution in [3.63, 3.8) is 0 Å². The summed E-state index contributed by atoms with van der Waals surface area (Å²) in [6, 6.07) is 2.36. The lowest BCUT2D eigenvalue weighted by Gasteiger charge is -2.28. The lowest BCUT2D eigenvalue weighted by molar-refractivity contribution is -0.126. The molecule has 2 amide bonds. The minimum atomic E-state index is -1.31. The first-order valence-corrected chi connectivity index (χ1v) is 4.56. The zero-order chi connectivity index (χ0) is 11.7. The molecule has 3 N–H and O–H groups in total. The maximum Gasteiger partial charge on any atom is 0.405 e. The van der Waals surface area contributed by atoms with Crippen molar-refractivity contribution in [2.45, 2.75) is 12.5 Å². The number of carbonyl (C=O) groups excluding carboxylic acids is 1. The first-order valence-electron chi connectivity index (χ1n) is 4.56. The van der Waals surface area contributed by atoms with E-state index in [9.17, 15) is 14.8 Å². The second-order valence-electron chi connectivity index (χ2n) is 3.34. The molecule has 1 aromatic heterocycles. The summed E-state index contributed by atoms with van der Waals surface area (Å²) < 4.78 is 0. The van der Waals surface area contributed by atoms with Crippen molar-refractivity contribution in [1.29, 1.82) is 0 Å². The molecular weight excluding hydrogens is 214 g/mol. The highest BCUT2D eigenvalue weighted by molar-refractivity contribution is 5.98. The largest absolute Gasteiger partial charge is 0.465 e.